The maximum absolute atomic E-state index is 5.74. The van der Waals surface area contributed by atoms with Gasteiger partial charge in [-0.25, -0.2) is 4.98 Å². The summed E-state index contributed by atoms with van der Waals surface area (Å²) < 4.78 is 14.2. The van der Waals surface area contributed by atoms with Crippen LogP contribution in [-0.2, 0) is 5.75 Å². The van der Waals surface area contributed by atoms with Crippen molar-refractivity contribution >= 4 is 33.5 Å². The maximum atomic E-state index is 5.74. The second kappa shape index (κ2) is 7.68. The number of rotatable bonds is 4. The normalized spacial score (nSPS) is 13.0. The maximum Gasteiger partial charge on any atom is 0.253 e. The summed E-state index contributed by atoms with van der Waals surface area (Å²) in [5, 5.41) is 5.40. The van der Waals surface area contributed by atoms with Crippen LogP contribution >= 0.6 is 27.7 Å². The molecule has 0 amide bonds. The number of ether oxygens (including phenoxy) is 2. The molecule has 0 saturated heterocycles. The molecule has 0 fully saturated rings. The molecule has 8 heteroatoms. The van der Waals surface area contributed by atoms with Gasteiger partial charge in [-0.3, -0.25) is 0 Å². The smallest absolute Gasteiger partial charge is 0.253 e. The van der Waals surface area contributed by atoms with Gasteiger partial charge >= 0.3 is 0 Å². The van der Waals surface area contributed by atoms with Crippen LogP contribution in [0.2, 0.25) is 0 Å². The first-order chi connectivity index (χ1) is 14.2. The van der Waals surface area contributed by atoms with Gasteiger partial charge < -0.3 is 9.47 Å². The lowest BCUT2D eigenvalue weighted by atomic mass is 10.1. The second-order valence-electron chi connectivity index (χ2n) is 6.66. The van der Waals surface area contributed by atoms with Gasteiger partial charge in [0.1, 0.15) is 13.2 Å². The minimum Gasteiger partial charge on any atom is -0.486 e. The molecular formula is C21H17BrN4O2S. The average molecular weight is 469 g/mol. The van der Waals surface area contributed by atoms with Gasteiger partial charge in [0.25, 0.3) is 5.78 Å². The van der Waals surface area contributed by atoms with Crippen molar-refractivity contribution in [2.45, 2.75) is 17.8 Å². The van der Waals surface area contributed by atoms with Crippen LogP contribution in [0.5, 0.6) is 11.5 Å². The summed E-state index contributed by atoms with van der Waals surface area (Å²) in [6, 6.07) is 16.2. The van der Waals surface area contributed by atoms with Crippen molar-refractivity contribution in [1.29, 1.82) is 0 Å². The highest BCUT2D eigenvalue weighted by atomic mass is 79.9. The number of aromatic nitrogens is 4. The number of thioether (sulfide) groups is 1. The molecule has 6 nitrogen and oxygen atoms in total. The Balaban J connectivity index is 1.48. The van der Waals surface area contributed by atoms with Gasteiger partial charge in [-0.1, -0.05) is 39.8 Å². The third-order valence-corrected chi connectivity index (χ3v) is 5.98. The molecule has 0 unspecified atom stereocenters. The van der Waals surface area contributed by atoms with Crippen molar-refractivity contribution in [1.82, 2.24) is 19.6 Å². The number of nitrogens with zero attached hydrogens (tertiary/aromatic N) is 4. The Bertz CT molecular complexity index is 1190. The van der Waals surface area contributed by atoms with Gasteiger partial charge in [-0.15, -0.1) is 5.10 Å². The van der Waals surface area contributed by atoms with Gasteiger partial charge in [0.15, 0.2) is 11.5 Å². The third kappa shape index (κ3) is 3.82. The van der Waals surface area contributed by atoms with Crippen molar-refractivity contribution in [2.24, 2.45) is 0 Å². The van der Waals surface area contributed by atoms with E-state index in [0.29, 0.717) is 24.1 Å². The van der Waals surface area contributed by atoms with Gasteiger partial charge in [0.2, 0.25) is 5.16 Å². The summed E-state index contributed by atoms with van der Waals surface area (Å²) >= 11 is 5.06. The van der Waals surface area contributed by atoms with E-state index < -0.39 is 0 Å². The van der Waals surface area contributed by atoms with Crippen molar-refractivity contribution in [3.8, 4) is 22.8 Å². The molecule has 3 heterocycles. The SMILES string of the molecule is Cc1cc(-c2ccc3c(c2)OCCO3)n2nc(SCc3ccc(Br)cc3)nc2n1. The topological polar surface area (TPSA) is 61.5 Å². The van der Waals surface area contributed by atoms with E-state index in [-0.39, 0.29) is 0 Å². The van der Waals surface area contributed by atoms with E-state index in [1.165, 1.54) is 5.56 Å². The Labute approximate surface area is 180 Å². The van der Waals surface area contributed by atoms with Crippen molar-refractivity contribution in [3.63, 3.8) is 0 Å². The standard InChI is InChI=1S/C21H17BrN4O2S/c1-13-10-17(15-4-7-18-19(11-15)28-9-8-27-18)26-20(23-13)24-21(25-26)29-12-14-2-5-16(22)6-3-14/h2-7,10-11H,8-9,12H2,1H3. The molecule has 4 aromatic rings. The Morgan fingerprint density at radius 3 is 2.62 bits per heavy atom. The molecule has 29 heavy (non-hydrogen) atoms. The van der Waals surface area contributed by atoms with Crippen LogP contribution < -0.4 is 9.47 Å². The number of halogens is 1. The molecule has 5 rings (SSSR count). The first-order valence-corrected chi connectivity index (χ1v) is 11.0. The van der Waals surface area contributed by atoms with Crippen LogP contribution in [0.15, 0.2) is 58.2 Å². The zero-order chi connectivity index (χ0) is 19.8. The summed E-state index contributed by atoms with van der Waals surface area (Å²) in [7, 11) is 0. The summed E-state index contributed by atoms with van der Waals surface area (Å²) in [4.78, 5) is 9.17. The van der Waals surface area contributed by atoms with Crippen molar-refractivity contribution < 1.29 is 9.47 Å². The number of hydrogen-bond donors (Lipinski definition) is 0. The highest BCUT2D eigenvalue weighted by Gasteiger charge is 2.16. The van der Waals surface area contributed by atoms with Crippen LogP contribution in [-0.4, -0.2) is 32.8 Å². The van der Waals surface area contributed by atoms with E-state index in [9.17, 15) is 0 Å². The van der Waals surface area contributed by atoms with Crippen molar-refractivity contribution in [2.75, 3.05) is 13.2 Å². The zero-order valence-electron chi connectivity index (χ0n) is 15.6. The van der Waals surface area contributed by atoms with E-state index >= 15 is 0 Å². The van der Waals surface area contributed by atoms with Crippen LogP contribution in [0.4, 0.5) is 0 Å². The Morgan fingerprint density at radius 1 is 1.00 bits per heavy atom. The first kappa shape index (κ1) is 18.4. The molecule has 0 spiro atoms. The van der Waals surface area contributed by atoms with Gasteiger partial charge in [0, 0.05) is 21.5 Å². The minimum absolute atomic E-state index is 0.557. The largest absolute Gasteiger partial charge is 0.486 e. The number of aryl methyl sites for hydroxylation is 1. The monoisotopic (exact) mass is 468 g/mol. The number of fused-ring (bicyclic) bond motifs is 2. The van der Waals surface area contributed by atoms with E-state index in [4.69, 9.17) is 14.6 Å². The average Bonchev–Trinajstić information content (AvgIpc) is 3.15. The molecule has 146 valence electrons. The molecular weight excluding hydrogens is 452 g/mol. The quantitative estimate of drug-likeness (QED) is 0.395. The summed E-state index contributed by atoms with van der Waals surface area (Å²) in [5.41, 5.74) is 4.01. The zero-order valence-corrected chi connectivity index (χ0v) is 18.0. The lowest BCUT2D eigenvalue weighted by Crippen LogP contribution is -2.15. The number of hydrogen-bond acceptors (Lipinski definition) is 6. The fraction of sp³-hybridized carbons (Fsp3) is 0.190. The van der Waals surface area contributed by atoms with Gasteiger partial charge in [-0.05, 0) is 48.9 Å². The first-order valence-electron chi connectivity index (χ1n) is 9.17. The van der Waals surface area contributed by atoms with Crippen molar-refractivity contribution in [3.05, 3.63) is 64.3 Å². The molecule has 0 aliphatic carbocycles. The summed E-state index contributed by atoms with van der Waals surface area (Å²) in [6.07, 6.45) is 0. The van der Waals surface area contributed by atoms with Crippen LogP contribution in [0.3, 0.4) is 0 Å². The fourth-order valence-electron chi connectivity index (χ4n) is 3.17. The molecule has 1 aliphatic rings. The third-order valence-electron chi connectivity index (χ3n) is 4.54. The molecule has 2 aromatic heterocycles. The molecule has 2 aromatic carbocycles. The van der Waals surface area contributed by atoms with E-state index in [2.05, 4.69) is 38.0 Å². The molecule has 0 N–H and O–H groups in total. The molecule has 0 bridgehead atoms. The predicted octanol–water partition coefficient (Wildman–Crippen LogP) is 4.93. The lowest BCUT2D eigenvalue weighted by molar-refractivity contribution is 0.171. The van der Waals surface area contributed by atoms with E-state index in [1.807, 2.05) is 43.3 Å². The second-order valence-corrected chi connectivity index (χ2v) is 8.52. The molecule has 0 saturated carbocycles. The molecule has 1 aliphatic heterocycles. The van der Waals surface area contributed by atoms with Crippen LogP contribution in [0.1, 0.15) is 11.3 Å². The molecule has 0 atom stereocenters. The van der Waals surface area contributed by atoms with Gasteiger partial charge in [0.05, 0.1) is 5.69 Å². The highest BCUT2D eigenvalue weighted by molar-refractivity contribution is 9.10. The minimum atomic E-state index is 0.557. The fourth-order valence-corrected chi connectivity index (χ4v) is 4.20. The Kier molecular flexibility index (Phi) is 4.89. The number of benzene rings is 2. The summed E-state index contributed by atoms with van der Waals surface area (Å²) in [5.74, 6) is 2.91. The summed E-state index contributed by atoms with van der Waals surface area (Å²) in [6.45, 7) is 3.10. The van der Waals surface area contributed by atoms with Crippen LogP contribution in [0.25, 0.3) is 17.0 Å². The van der Waals surface area contributed by atoms with E-state index in [1.54, 1.807) is 16.3 Å². The predicted molar refractivity (Wildman–Crippen MR) is 116 cm³/mol. The lowest BCUT2D eigenvalue weighted by Gasteiger charge is -2.19. The molecule has 0 radical (unpaired) electrons. The van der Waals surface area contributed by atoms with E-state index in [0.717, 1.165) is 38.7 Å². The van der Waals surface area contributed by atoms with Gasteiger partial charge in [-0.2, -0.15) is 9.50 Å². The Hall–Kier alpha value is -2.58. The van der Waals surface area contributed by atoms with Crippen LogP contribution in [0, 0.1) is 6.92 Å². The Morgan fingerprint density at radius 2 is 1.79 bits per heavy atom. The highest BCUT2D eigenvalue weighted by Crippen LogP contribution is 2.35.